The molecule has 1 atom stereocenters. The second-order valence-electron chi connectivity index (χ2n) is 5.03. The summed E-state index contributed by atoms with van der Waals surface area (Å²) in [5.74, 6) is -0.547. The smallest absolute Gasteiger partial charge is 0.338 e. The lowest BCUT2D eigenvalue weighted by atomic mass is 10.1. The number of amides is 1. The van der Waals surface area contributed by atoms with Gasteiger partial charge in [-0.1, -0.05) is 26.0 Å². The van der Waals surface area contributed by atoms with Crippen LogP contribution in [0.4, 0.5) is 0 Å². The molecule has 0 aliphatic rings. The van der Waals surface area contributed by atoms with E-state index in [1.54, 1.807) is 24.3 Å². The van der Waals surface area contributed by atoms with Crippen LogP contribution < -0.4 is 5.32 Å². The van der Waals surface area contributed by atoms with Crippen LogP contribution in [0.3, 0.4) is 0 Å². The molecule has 1 aromatic rings. The molecule has 20 heavy (non-hydrogen) atoms. The molecule has 0 heterocycles. The zero-order chi connectivity index (χ0) is 15.1. The van der Waals surface area contributed by atoms with Gasteiger partial charge in [-0.15, -0.1) is 0 Å². The molecule has 0 saturated carbocycles. The third-order valence-corrected chi connectivity index (χ3v) is 3.10. The van der Waals surface area contributed by atoms with Crippen LogP contribution in [-0.4, -0.2) is 29.6 Å². The highest BCUT2D eigenvalue weighted by molar-refractivity contribution is 5.91. The Labute approximate surface area is 118 Å². The van der Waals surface area contributed by atoms with Crippen molar-refractivity contribution in [1.82, 2.24) is 5.32 Å². The molecule has 5 heteroatoms. The Morgan fingerprint density at radius 1 is 1.20 bits per heavy atom. The number of hydrogen-bond donors (Lipinski definition) is 2. The Kier molecular flexibility index (Phi) is 6.18. The third-order valence-electron chi connectivity index (χ3n) is 3.10. The van der Waals surface area contributed by atoms with Crippen molar-refractivity contribution in [2.75, 3.05) is 6.61 Å². The molecule has 0 fully saturated rings. The predicted molar refractivity (Wildman–Crippen MR) is 75.1 cm³/mol. The van der Waals surface area contributed by atoms with E-state index in [1.165, 1.54) is 0 Å². The summed E-state index contributed by atoms with van der Waals surface area (Å²) in [6.07, 6.45) is 0. The average Bonchev–Trinajstić information content (AvgIpc) is 2.44. The zero-order valence-electron chi connectivity index (χ0n) is 12.1. The lowest BCUT2D eigenvalue weighted by Gasteiger charge is -2.17. The molecule has 110 valence electrons. The van der Waals surface area contributed by atoms with Gasteiger partial charge in [0.2, 0.25) is 0 Å². The van der Waals surface area contributed by atoms with Crippen molar-refractivity contribution in [2.45, 2.75) is 33.4 Å². The molecule has 1 aromatic carbocycles. The highest BCUT2D eigenvalue weighted by Gasteiger charge is 2.13. The van der Waals surface area contributed by atoms with Crippen molar-refractivity contribution >= 4 is 11.9 Å². The van der Waals surface area contributed by atoms with Gasteiger partial charge in [0.05, 0.1) is 12.2 Å². The van der Waals surface area contributed by atoms with E-state index in [0.29, 0.717) is 17.0 Å². The van der Waals surface area contributed by atoms with E-state index in [-0.39, 0.29) is 25.2 Å². The van der Waals surface area contributed by atoms with Crippen LogP contribution >= 0.6 is 0 Å². The Hall–Kier alpha value is -1.88. The van der Waals surface area contributed by atoms with Gasteiger partial charge < -0.3 is 15.2 Å². The maximum atomic E-state index is 11.7. The Morgan fingerprint density at radius 3 is 2.30 bits per heavy atom. The van der Waals surface area contributed by atoms with Gasteiger partial charge in [0.25, 0.3) is 5.91 Å². The highest BCUT2D eigenvalue weighted by Crippen LogP contribution is 2.06. The number of benzene rings is 1. The van der Waals surface area contributed by atoms with Gasteiger partial charge >= 0.3 is 5.97 Å². The lowest BCUT2D eigenvalue weighted by molar-refractivity contribution is -0.125. The van der Waals surface area contributed by atoms with Gasteiger partial charge in [0, 0.05) is 6.04 Å². The molecule has 1 rings (SSSR count). The van der Waals surface area contributed by atoms with Crippen molar-refractivity contribution in [3.05, 3.63) is 35.4 Å². The molecule has 0 saturated heterocycles. The molecule has 1 amide bonds. The molecule has 0 spiro atoms. The number of carbonyl (C=O) groups is 2. The first-order valence-corrected chi connectivity index (χ1v) is 6.60. The second-order valence-corrected chi connectivity index (χ2v) is 5.03. The number of hydrogen-bond acceptors (Lipinski definition) is 4. The van der Waals surface area contributed by atoms with E-state index < -0.39 is 5.97 Å². The summed E-state index contributed by atoms with van der Waals surface area (Å²) in [4.78, 5) is 23.3. The molecular formula is C15H21NO4. The summed E-state index contributed by atoms with van der Waals surface area (Å²) in [7, 11) is 0. The van der Waals surface area contributed by atoms with E-state index in [4.69, 9.17) is 9.84 Å². The van der Waals surface area contributed by atoms with Gasteiger partial charge in [0.15, 0.2) is 6.61 Å². The van der Waals surface area contributed by atoms with Crippen LogP contribution in [0.2, 0.25) is 0 Å². The fraction of sp³-hybridized carbons (Fsp3) is 0.467. The Balaban J connectivity index is 2.44. The first-order valence-electron chi connectivity index (χ1n) is 6.60. The summed E-state index contributed by atoms with van der Waals surface area (Å²) in [6.45, 7) is 5.53. The fourth-order valence-corrected chi connectivity index (χ4v) is 1.42. The van der Waals surface area contributed by atoms with Gasteiger partial charge in [-0.2, -0.15) is 0 Å². The summed E-state index contributed by atoms with van der Waals surface area (Å²) in [6, 6.07) is 6.42. The monoisotopic (exact) mass is 279 g/mol. The van der Waals surface area contributed by atoms with Gasteiger partial charge in [-0.05, 0) is 30.5 Å². The van der Waals surface area contributed by atoms with Crippen molar-refractivity contribution in [1.29, 1.82) is 0 Å². The maximum absolute atomic E-state index is 11.7. The minimum absolute atomic E-state index is 0.0324. The van der Waals surface area contributed by atoms with Crippen LogP contribution in [-0.2, 0) is 16.1 Å². The van der Waals surface area contributed by atoms with Crippen LogP contribution in [0.15, 0.2) is 24.3 Å². The van der Waals surface area contributed by atoms with Crippen LogP contribution in [0.1, 0.15) is 36.7 Å². The van der Waals surface area contributed by atoms with Gasteiger partial charge in [-0.3, -0.25) is 4.79 Å². The summed E-state index contributed by atoms with van der Waals surface area (Å²) in [5, 5.41) is 11.7. The molecule has 0 unspecified atom stereocenters. The molecule has 0 bridgehead atoms. The minimum atomic E-state index is -0.554. The van der Waals surface area contributed by atoms with Crippen molar-refractivity contribution in [3.8, 4) is 0 Å². The Bertz CT molecular complexity index is 453. The largest absolute Gasteiger partial charge is 0.452 e. The first-order chi connectivity index (χ1) is 9.43. The fourth-order valence-electron chi connectivity index (χ4n) is 1.42. The maximum Gasteiger partial charge on any atom is 0.338 e. The SMILES string of the molecule is CC(C)[C@H](C)NC(=O)COC(=O)c1ccc(CO)cc1. The van der Waals surface area contributed by atoms with Gasteiger partial charge in [-0.25, -0.2) is 4.79 Å². The van der Waals surface area contributed by atoms with E-state index >= 15 is 0 Å². The van der Waals surface area contributed by atoms with E-state index in [9.17, 15) is 9.59 Å². The normalized spacial score (nSPS) is 12.1. The van der Waals surface area contributed by atoms with Crippen LogP contribution in [0, 0.1) is 5.92 Å². The minimum Gasteiger partial charge on any atom is -0.452 e. The number of nitrogens with one attached hydrogen (secondary N) is 1. The number of rotatable bonds is 6. The average molecular weight is 279 g/mol. The number of aliphatic hydroxyl groups excluding tert-OH is 1. The predicted octanol–water partition coefficient (Wildman–Crippen LogP) is 1.50. The number of esters is 1. The molecule has 0 aliphatic heterocycles. The number of carbonyl (C=O) groups excluding carboxylic acids is 2. The van der Waals surface area contributed by atoms with E-state index in [0.717, 1.165) is 0 Å². The molecule has 2 N–H and O–H groups in total. The highest BCUT2D eigenvalue weighted by atomic mass is 16.5. The van der Waals surface area contributed by atoms with Gasteiger partial charge in [0.1, 0.15) is 0 Å². The Morgan fingerprint density at radius 2 is 1.80 bits per heavy atom. The number of aliphatic hydroxyl groups is 1. The standard InChI is InChI=1S/C15H21NO4/c1-10(2)11(3)16-14(18)9-20-15(19)13-6-4-12(8-17)5-7-13/h4-7,10-11,17H,8-9H2,1-3H3,(H,16,18)/t11-/m0/s1. The molecule has 0 aliphatic carbocycles. The molecule has 5 nitrogen and oxygen atoms in total. The quantitative estimate of drug-likeness (QED) is 0.774. The van der Waals surface area contributed by atoms with Crippen molar-refractivity contribution in [2.24, 2.45) is 5.92 Å². The topological polar surface area (TPSA) is 75.6 Å². The first kappa shape index (κ1) is 16.2. The molecule has 0 radical (unpaired) electrons. The molecular weight excluding hydrogens is 258 g/mol. The summed E-state index contributed by atoms with van der Waals surface area (Å²) >= 11 is 0. The third kappa shape index (κ3) is 5.01. The van der Waals surface area contributed by atoms with Crippen LogP contribution in [0.25, 0.3) is 0 Å². The second kappa shape index (κ2) is 7.65. The van der Waals surface area contributed by atoms with Crippen molar-refractivity contribution < 1.29 is 19.4 Å². The molecule has 0 aromatic heterocycles. The van der Waals surface area contributed by atoms with E-state index in [2.05, 4.69) is 5.32 Å². The zero-order valence-corrected chi connectivity index (χ0v) is 12.1. The number of ether oxygens (including phenoxy) is 1. The van der Waals surface area contributed by atoms with E-state index in [1.807, 2.05) is 20.8 Å². The van der Waals surface area contributed by atoms with Crippen molar-refractivity contribution in [3.63, 3.8) is 0 Å². The lowest BCUT2D eigenvalue weighted by Crippen LogP contribution is -2.38. The van der Waals surface area contributed by atoms with Crippen LogP contribution in [0.5, 0.6) is 0 Å². The summed E-state index contributed by atoms with van der Waals surface area (Å²) < 4.78 is 4.93. The summed E-state index contributed by atoms with van der Waals surface area (Å²) in [5.41, 5.74) is 1.07.